The monoisotopic (exact) mass is 183 g/mol. The number of aromatic amines is 1. The molecule has 0 aliphatic rings. The number of hydrogen-bond acceptors (Lipinski definition) is 2. The van der Waals surface area contributed by atoms with E-state index in [9.17, 15) is 0 Å². The van der Waals surface area contributed by atoms with Crippen LogP contribution in [0.25, 0.3) is 22.0 Å². The molecule has 1 N–H and O–H groups in total. The molecule has 0 aliphatic carbocycles. The Balaban J connectivity index is 2.33. The van der Waals surface area contributed by atoms with E-state index in [-0.39, 0.29) is 0 Å². The summed E-state index contributed by atoms with van der Waals surface area (Å²) in [6.45, 7) is 0. The van der Waals surface area contributed by atoms with Crippen molar-refractivity contribution in [2.24, 2.45) is 0 Å². The van der Waals surface area contributed by atoms with Crippen LogP contribution in [0.5, 0.6) is 0 Å². The SMILES string of the molecule is [c]1nocc1-c1[nH]cc2ccccc12. The van der Waals surface area contributed by atoms with E-state index in [1.54, 1.807) is 6.26 Å². The van der Waals surface area contributed by atoms with Gasteiger partial charge in [0.1, 0.15) is 12.5 Å². The fourth-order valence-electron chi connectivity index (χ4n) is 1.60. The summed E-state index contributed by atoms with van der Waals surface area (Å²) < 4.78 is 4.76. The Hall–Kier alpha value is -2.03. The lowest BCUT2D eigenvalue weighted by Crippen LogP contribution is -1.73. The van der Waals surface area contributed by atoms with E-state index in [1.165, 1.54) is 5.39 Å². The van der Waals surface area contributed by atoms with Gasteiger partial charge in [0.05, 0.1) is 11.3 Å². The van der Waals surface area contributed by atoms with Gasteiger partial charge in [-0.3, -0.25) is 0 Å². The van der Waals surface area contributed by atoms with E-state index in [2.05, 4.69) is 28.5 Å². The molecule has 0 aliphatic heterocycles. The summed E-state index contributed by atoms with van der Waals surface area (Å²) in [7, 11) is 0. The molecule has 0 fully saturated rings. The van der Waals surface area contributed by atoms with Crippen LogP contribution in [-0.2, 0) is 0 Å². The average Bonchev–Trinajstić information content (AvgIpc) is 2.85. The molecule has 1 aromatic carbocycles. The molecule has 0 spiro atoms. The van der Waals surface area contributed by atoms with Crippen LogP contribution in [-0.4, -0.2) is 10.1 Å². The Morgan fingerprint density at radius 3 is 3.07 bits per heavy atom. The lowest BCUT2D eigenvalue weighted by atomic mass is 10.1. The van der Waals surface area contributed by atoms with E-state index >= 15 is 0 Å². The Kier molecular flexibility index (Phi) is 1.44. The number of fused-ring (bicyclic) bond motifs is 1. The van der Waals surface area contributed by atoms with Crippen molar-refractivity contribution in [3.8, 4) is 11.3 Å². The summed E-state index contributed by atoms with van der Waals surface area (Å²) in [5.74, 6) is 0. The molecule has 14 heavy (non-hydrogen) atoms. The molecule has 0 saturated heterocycles. The number of H-pyrrole nitrogens is 1. The fourth-order valence-corrected chi connectivity index (χ4v) is 1.60. The van der Waals surface area contributed by atoms with Crippen LogP contribution in [0.1, 0.15) is 0 Å². The number of nitrogens with one attached hydrogen (secondary N) is 1. The molecule has 0 amide bonds. The van der Waals surface area contributed by atoms with Gasteiger partial charge in [-0.1, -0.05) is 29.4 Å². The zero-order valence-electron chi connectivity index (χ0n) is 7.32. The third-order valence-corrected chi connectivity index (χ3v) is 2.26. The highest BCUT2D eigenvalue weighted by Crippen LogP contribution is 2.26. The largest absolute Gasteiger partial charge is 0.363 e. The standard InChI is InChI=1S/C11H7N2O/c1-2-4-10-8(3-1)5-12-11(10)9-6-13-14-7-9/h1-5,7,12H. The zero-order valence-corrected chi connectivity index (χ0v) is 7.32. The maximum absolute atomic E-state index is 4.76. The Bertz CT molecular complexity index is 551. The second-order valence-electron chi connectivity index (χ2n) is 3.09. The first kappa shape index (κ1) is 7.38. The van der Waals surface area contributed by atoms with Crippen molar-refractivity contribution in [2.45, 2.75) is 0 Å². The Morgan fingerprint density at radius 1 is 1.29 bits per heavy atom. The average molecular weight is 183 g/mol. The van der Waals surface area contributed by atoms with Crippen LogP contribution in [0.4, 0.5) is 0 Å². The molecule has 2 heterocycles. The van der Waals surface area contributed by atoms with Gasteiger partial charge in [-0.05, 0) is 5.39 Å². The lowest BCUT2D eigenvalue weighted by molar-refractivity contribution is 0.418. The van der Waals surface area contributed by atoms with E-state index in [1.807, 2.05) is 18.3 Å². The quantitative estimate of drug-likeness (QED) is 0.630. The van der Waals surface area contributed by atoms with Gasteiger partial charge in [-0.15, -0.1) is 0 Å². The summed E-state index contributed by atoms with van der Waals surface area (Å²) in [5, 5.41) is 5.90. The third-order valence-electron chi connectivity index (χ3n) is 2.26. The molecule has 0 unspecified atom stereocenters. The highest BCUT2D eigenvalue weighted by Gasteiger charge is 2.06. The molecule has 3 heteroatoms. The first-order valence-electron chi connectivity index (χ1n) is 4.34. The van der Waals surface area contributed by atoms with Crippen LogP contribution in [0, 0.1) is 6.20 Å². The predicted molar refractivity (Wildman–Crippen MR) is 52.6 cm³/mol. The number of hydrogen-bond donors (Lipinski definition) is 1. The van der Waals surface area contributed by atoms with Crippen molar-refractivity contribution < 1.29 is 4.52 Å². The van der Waals surface area contributed by atoms with Gasteiger partial charge >= 0.3 is 0 Å². The van der Waals surface area contributed by atoms with Gasteiger partial charge in [0.15, 0.2) is 0 Å². The first-order valence-corrected chi connectivity index (χ1v) is 4.34. The minimum absolute atomic E-state index is 0.853. The topological polar surface area (TPSA) is 41.8 Å². The molecule has 3 nitrogen and oxygen atoms in total. The maximum atomic E-state index is 4.76. The molecule has 3 aromatic rings. The summed E-state index contributed by atoms with van der Waals surface area (Å²) in [5.41, 5.74) is 1.85. The van der Waals surface area contributed by atoms with Crippen LogP contribution < -0.4 is 0 Å². The minimum atomic E-state index is 0.853. The van der Waals surface area contributed by atoms with Crippen LogP contribution in [0.15, 0.2) is 41.2 Å². The van der Waals surface area contributed by atoms with Gasteiger partial charge in [0.2, 0.25) is 0 Å². The van der Waals surface area contributed by atoms with Crippen molar-refractivity contribution >= 4 is 10.8 Å². The second kappa shape index (κ2) is 2.73. The number of rotatable bonds is 1. The van der Waals surface area contributed by atoms with Crippen LogP contribution >= 0.6 is 0 Å². The van der Waals surface area contributed by atoms with Gasteiger partial charge in [-0.25, -0.2) is 0 Å². The number of nitrogens with zero attached hydrogens (tertiary/aromatic N) is 1. The second-order valence-corrected chi connectivity index (χ2v) is 3.09. The normalized spacial score (nSPS) is 10.9. The van der Waals surface area contributed by atoms with Crippen molar-refractivity contribution in [2.75, 3.05) is 0 Å². The van der Waals surface area contributed by atoms with Gasteiger partial charge in [0.25, 0.3) is 0 Å². The van der Waals surface area contributed by atoms with Crippen LogP contribution in [0.2, 0.25) is 0 Å². The van der Waals surface area contributed by atoms with Gasteiger partial charge in [-0.2, -0.15) is 0 Å². The summed E-state index contributed by atoms with van der Waals surface area (Å²) in [6.07, 6.45) is 6.33. The van der Waals surface area contributed by atoms with E-state index in [4.69, 9.17) is 4.52 Å². The van der Waals surface area contributed by atoms with Crippen molar-refractivity contribution in [1.29, 1.82) is 0 Å². The van der Waals surface area contributed by atoms with Crippen LogP contribution in [0.3, 0.4) is 0 Å². The molecule has 0 bridgehead atoms. The Labute approximate surface area is 80.3 Å². The molecule has 0 atom stereocenters. The Morgan fingerprint density at radius 2 is 2.21 bits per heavy atom. The smallest absolute Gasteiger partial charge is 0.145 e. The van der Waals surface area contributed by atoms with Crippen molar-refractivity contribution in [3.63, 3.8) is 0 Å². The number of benzene rings is 1. The lowest BCUT2D eigenvalue weighted by Gasteiger charge is -1.92. The molecule has 2 aromatic heterocycles. The zero-order chi connectivity index (χ0) is 9.38. The predicted octanol–water partition coefficient (Wildman–Crippen LogP) is 2.62. The first-order chi connectivity index (χ1) is 6.95. The van der Waals surface area contributed by atoms with Crippen molar-refractivity contribution in [1.82, 2.24) is 10.1 Å². The van der Waals surface area contributed by atoms with Gasteiger partial charge in [0, 0.05) is 11.6 Å². The molecular weight excluding hydrogens is 176 g/mol. The molecule has 0 saturated carbocycles. The highest BCUT2D eigenvalue weighted by atomic mass is 16.5. The van der Waals surface area contributed by atoms with Gasteiger partial charge < -0.3 is 9.51 Å². The molecule has 1 radical (unpaired) electrons. The molecule has 3 rings (SSSR count). The summed E-state index contributed by atoms with van der Waals surface area (Å²) in [6, 6.07) is 8.13. The number of aromatic nitrogens is 2. The minimum Gasteiger partial charge on any atom is -0.363 e. The highest BCUT2D eigenvalue weighted by molar-refractivity contribution is 5.95. The molecule has 67 valence electrons. The maximum Gasteiger partial charge on any atom is 0.145 e. The van der Waals surface area contributed by atoms with Crippen molar-refractivity contribution in [3.05, 3.63) is 42.9 Å². The summed E-state index contributed by atoms with van der Waals surface area (Å²) in [4.78, 5) is 3.18. The fraction of sp³-hybridized carbons (Fsp3) is 0. The third kappa shape index (κ3) is 0.956. The summed E-state index contributed by atoms with van der Waals surface area (Å²) >= 11 is 0. The molecular formula is C11H7N2O. The van der Waals surface area contributed by atoms with E-state index in [0.717, 1.165) is 16.6 Å². The van der Waals surface area contributed by atoms with E-state index in [0.29, 0.717) is 0 Å². The van der Waals surface area contributed by atoms with E-state index < -0.39 is 0 Å².